The summed E-state index contributed by atoms with van der Waals surface area (Å²) in [7, 11) is 1.99. The minimum absolute atomic E-state index is 0.108. The summed E-state index contributed by atoms with van der Waals surface area (Å²) in [6, 6.07) is 0.481. The summed E-state index contributed by atoms with van der Waals surface area (Å²) in [5, 5.41) is 6.76. The molecule has 1 fully saturated rings. The number of nitrogens with zero attached hydrogens (tertiary/aromatic N) is 3. The van der Waals surface area contributed by atoms with Crippen LogP contribution in [0.25, 0.3) is 0 Å². The summed E-state index contributed by atoms with van der Waals surface area (Å²) >= 11 is 0. The number of hydrogen-bond donors (Lipinski definition) is 3. The maximum absolute atomic E-state index is 5.99. The maximum Gasteiger partial charge on any atom is 0.224 e. The Labute approximate surface area is 125 Å². The van der Waals surface area contributed by atoms with E-state index in [0.29, 0.717) is 18.5 Å². The summed E-state index contributed by atoms with van der Waals surface area (Å²) in [5.41, 5.74) is 5.78. The van der Waals surface area contributed by atoms with Gasteiger partial charge in [-0.25, -0.2) is 0 Å². The largest absolute Gasteiger partial charge is 0.484 e. The van der Waals surface area contributed by atoms with Crippen LogP contribution in [-0.4, -0.2) is 48.3 Å². The van der Waals surface area contributed by atoms with Gasteiger partial charge in [-0.1, -0.05) is 6.92 Å². The molecule has 0 amide bonds. The summed E-state index contributed by atoms with van der Waals surface area (Å²) < 4.78 is 5.99. The van der Waals surface area contributed by atoms with Crippen molar-refractivity contribution in [2.45, 2.75) is 38.3 Å². The molecule has 0 bridgehead atoms. The number of rotatable bonds is 3. The first-order valence-electron chi connectivity index (χ1n) is 7.55. The minimum atomic E-state index is -0.108. The highest BCUT2D eigenvalue weighted by atomic mass is 16.5. The van der Waals surface area contributed by atoms with Crippen molar-refractivity contribution in [3.63, 3.8) is 0 Å². The molecule has 116 valence electrons. The van der Waals surface area contributed by atoms with Gasteiger partial charge in [0.25, 0.3) is 0 Å². The molecular weight excluding hydrogens is 268 g/mol. The van der Waals surface area contributed by atoms with Gasteiger partial charge in [0.05, 0.1) is 5.54 Å². The van der Waals surface area contributed by atoms with E-state index in [1.807, 2.05) is 7.05 Å². The van der Waals surface area contributed by atoms with E-state index in [4.69, 9.17) is 10.5 Å². The van der Waals surface area contributed by atoms with Gasteiger partial charge < -0.3 is 26.0 Å². The summed E-state index contributed by atoms with van der Waals surface area (Å²) in [6.07, 6.45) is 2.05. The van der Waals surface area contributed by atoms with E-state index in [1.54, 1.807) is 0 Å². The highest BCUT2D eigenvalue weighted by Gasteiger charge is 2.34. The Kier molecular flexibility index (Phi) is 3.52. The fraction of sp³-hybridized carbons (Fsp3) is 0.714. The van der Waals surface area contributed by atoms with Crippen molar-refractivity contribution in [1.29, 1.82) is 0 Å². The van der Waals surface area contributed by atoms with Crippen molar-refractivity contribution in [3.05, 3.63) is 0 Å². The number of anilines is 3. The van der Waals surface area contributed by atoms with E-state index in [9.17, 15) is 0 Å². The first kappa shape index (κ1) is 14.2. The number of likely N-dealkylation sites (N-methyl/N-ethyl adjacent to an activating group) is 1. The number of nitrogens with one attached hydrogen (secondary N) is 2. The van der Waals surface area contributed by atoms with Crippen molar-refractivity contribution in [3.8, 4) is 5.75 Å². The third-order valence-electron chi connectivity index (χ3n) is 4.50. The molecule has 0 spiro atoms. The van der Waals surface area contributed by atoms with Gasteiger partial charge in [0, 0.05) is 19.1 Å². The van der Waals surface area contributed by atoms with Crippen LogP contribution in [0.2, 0.25) is 0 Å². The van der Waals surface area contributed by atoms with Crippen LogP contribution in [-0.2, 0) is 0 Å². The van der Waals surface area contributed by atoms with Gasteiger partial charge in [-0.05, 0) is 26.8 Å². The lowest BCUT2D eigenvalue weighted by atomic mass is 9.99. The summed E-state index contributed by atoms with van der Waals surface area (Å²) in [4.78, 5) is 10.9. The van der Waals surface area contributed by atoms with Gasteiger partial charge in [0.15, 0.2) is 11.6 Å². The molecule has 21 heavy (non-hydrogen) atoms. The zero-order valence-corrected chi connectivity index (χ0v) is 12.9. The highest BCUT2D eigenvalue weighted by molar-refractivity contribution is 5.69. The maximum atomic E-state index is 5.99. The Balaban J connectivity index is 1.93. The van der Waals surface area contributed by atoms with Crippen molar-refractivity contribution in [2.24, 2.45) is 0 Å². The molecule has 1 aromatic heterocycles. The molecule has 7 heteroatoms. The monoisotopic (exact) mass is 292 g/mol. The molecule has 2 aliphatic heterocycles. The van der Waals surface area contributed by atoms with E-state index < -0.39 is 0 Å². The normalized spacial score (nSPS) is 28.0. The molecule has 1 unspecified atom stereocenters. The average molecular weight is 292 g/mol. The van der Waals surface area contributed by atoms with Crippen LogP contribution in [0.5, 0.6) is 5.75 Å². The molecule has 3 heterocycles. The Morgan fingerprint density at radius 2 is 2.33 bits per heavy atom. The molecule has 1 saturated heterocycles. The Morgan fingerprint density at radius 3 is 3.00 bits per heavy atom. The molecule has 0 radical (unpaired) electrons. The third kappa shape index (κ3) is 2.57. The minimum Gasteiger partial charge on any atom is -0.484 e. The van der Waals surface area contributed by atoms with E-state index in [-0.39, 0.29) is 11.5 Å². The van der Waals surface area contributed by atoms with Gasteiger partial charge in [-0.15, -0.1) is 0 Å². The average Bonchev–Trinajstić information content (AvgIpc) is 2.94. The number of ether oxygens (including phenoxy) is 1. The van der Waals surface area contributed by atoms with E-state index >= 15 is 0 Å². The lowest BCUT2D eigenvalue weighted by molar-refractivity contribution is 0.224. The quantitative estimate of drug-likeness (QED) is 0.760. The number of nitrogen functional groups attached to an aromatic ring is 1. The van der Waals surface area contributed by atoms with E-state index in [2.05, 4.69) is 39.3 Å². The van der Waals surface area contributed by atoms with Crippen LogP contribution < -0.4 is 26.0 Å². The fourth-order valence-electron chi connectivity index (χ4n) is 2.82. The van der Waals surface area contributed by atoms with Crippen molar-refractivity contribution >= 4 is 17.6 Å². The van der Waals surface area contributed by atoms with Gasteiger partial charge in [0.2, 0.25) is 11.7 Å². The smallest absolute Gasteiger partial charge is 0.224 e. The molecule has 4 N–H and O–H groups in total. The van der Waals surface area contributed by atoms with Crippen molar-refractivity contribution < 1.29 is 4.74 Å². The Morgan fingerprint density at radius 1 is 1.52 bits per heavy atom. The highest BCUT2D eigenvalue weighted by Crippen LogP contribution is 2.40. The van der Waals surface area contributed by atoms with Crippen LogP contribution in [0.3, 0.4) is 0 Å². The number of aromatic nitrogens is 2. The van der Waals surface area contributed by atoms with Crippen LogP contribution in [0, 0.1) is 0 Å². The molecule has 2 aliphatic rings. The van der Waals surface area contributed by atoms with Crippen LogP contribution in [0.15, 0.2) is 0 Å². The predicted molar refractivity (Wildman–Crippen MR) is 83.9 cm³/mol. The molecule has 7 nitrogen and oxygen atoms in total. The SMILES string of the molecule is CCC1(C)COc2c(nc(N)nc2N2CC[C@@H](NC)C2)N1. The van der Waals surface area contributed by atoms with Gasteiger partial charge >= 0.3 is 0 Å². The second-order valence-corrected chi connectivity index (χ2v) is 6.13. The zero-order chi connectivity index (χ0) is 15.0. The lowest BCUT2D eigenvalue weighted by Gasteiger charge is -2.36. The van der Waals surface area contributed by atoms with E-state index in [1.165, 1.54) is 0 Å². The Bertz CT molecular complexity index is 536. The van der Waals surface area contributed by atoms with Crippen molar-refractivity contribution in [2.75, 3.05) is 42.7 Å². The number of hydrogen-bond acceptors (Lipinski definition) is 7. The summed E-state index contributed by atoms with van der Waals surface area (Å²) in [6.45, 7) is 6.72. The molecule has 1 aromatic rings. The molecular formula is C14H24N6O. The molecule has 2 atom stereocenters. The third-order valence-corrected chi connectivity index (χ3v) is 4.50. The lowest BCUT2D eigenvalue weighted by Crippen LogP contribution is -2.44. The van der Waals surface area contributed by atoms with Crippen LogP contribution >= 0.6 is 0 Å². The topological polar surface area (TPSA) is 88.3 Å². The van der Waals surface area contributed by atoms with Gasteiger partial charge in [0.1, 0.15) is 6.61 Å². The number of nitrogens with two attached hydrogens (primary N) is 1. The van der Waals surface area contributed by atoms with Crippen LogP contribution in [0.4, 0.5) is 17.6 Å². The molecule has 0 saturated carbocycles. The first-order valence-corrected chi connectivity index (χ1v) is 7.55. The molecule has 0 aromatic carbocycles. The second kappa shape index (κ2) is 5.22. The predicted octanol–water partition coefficient (Wildman–Crippen LogP) is 0.830. The van der Waals surface area contributed by atoms with Gasteiger partial charge in [-0.3, -0.25) is 0 Å². The van der Waals surface area contributed by atoms with Crippen molar-refractivity contribution in [1.82, 2.24) is 15.3 Å². The first-order chi connectivity index (χ1) is 10.0. The van der Waals surface area contributed by atoms with Gasteiger partial charge in [-0.2, -0.15) is 9.97 Å². The Hall–Kier alpha value is -1.76. The standard InChI is InChI=1S/C14H24N6O/c1-4-14(2)8-21-10-11(19-14)17-13(15)18-12(10)20-6-5-9(7-20)16-3/h9,16H,4-8H2,1-3H3,(H3,15,17,18,19)/t9-,14?/m1/s1. The second-order valence-electron chi connectivity index (χ2n) is 6.13. The fourth-order valence-corrected chi connectivity index (χ4v) is 2.82. The summed E-state index contributed by atoms with van der Waals surface area (Å²) in [5.74, 6) is 2.53. The zero-order valence-electron chi connectivity index (χ0n) is 12.9. The van der Waals surface area contributed by atoms with E-state index in [0.717, 1.165) is 37.5 Å². The molecule has 0 aliphatic carbocycles. The van der Waals surface area contributed by atoms with Crippen LogP contribution in [0.1, 0.15) is 26.7 Å². The number of fused-ring (bicyclic) bond motifs is 1. The molecule has 3 rings (SSSR count).